The first-order chi connectivity index (χ1) is 15.5. The molecule has 32 heavy (non-hydrogen) atoms. The number of benzene rings is 2. The van der Waals surface area contributed by atoms with Crippen molar-refractivity contribution in [1.82, 2.24) is 15.2 Å². The topological polar surface area (TPSA) is 69.0 Å². The molecule has 4 rings (SSSR count). The van der Waals surface area contributed by atoms with Crippen LogP contribution in [-0.2, 0) is 18.5 Å². The monoisotopic (exact) mass is 468 g/mol. The van der Waals surface area contributed by atoms with Gasteiger partial charge in [0.25, 0.3) is 5.91 Å². The van der Waals surface area contributed by atoms with Crippen LogP contribution in [0.15, 0.2) is 54.0 Å². The number of rotatable bonds is 6. The van der Waals surface area contributed by atoms with Crippen molar-refractivity contribution in [1.29, 1.82) is 5.26 Å². The van der Waals surface area contributed by atoms with E-state index >= 15 is 0 Å². The molecule has 8 heteroatoms. The predicted octanol–water partition coefficient (Wildman–Crippen LogP) is 4.92. The highest BCUT2D eigenvalue weighted by molar-refractivity contribution is 7.09. The van der Waals surface area contributed by atoms with Gasteiger partial charge in [0.15, 0.2) is 0 Å². The number of likely N-dealkylation sites (tertiary alicyclic amines) is 1. The Labute approximate surface area is 195 Å². The number of carbonyl (C=O) groups is 1. The molecule has 164 valence electrons. The molecule has 0 bridgehead atoms. The van der Waals surface area contributed by atoms with Gasteiger partial charge in [-0.2, -0.15) is 5.26 Å². The van der Waals surface area contributed by atoms with Crippen molar-refractivity contribution < 1.29 is 9.18 Å². The number of thiazole rings is 1. The Hall–Kier alpha value is -2.79. The number of piperidine rings is 1. The van der Waals surface area contributed by atoms with Gasteiger partial charge in [-0.25, -0.2) is 9.37 Å². The highest BCUT2D eigenvalue weighted by atomic mass is 35.5. The van der Waals surface area contributed by atoms with Crippen LogP contribution in [0.4, 0.5) is 4.39 Å². The number of hydrogen-bond donors (Lipinski definition) is 1. The van der Waals surface area contributed by atoms with Gasteiger partial charge in [-0.3, -0.25) is 9.69 Å². The summed E-state index contributed by atoms with van der Waals surface area (Å²) in [6.07, 6.45) is 1.32. The minimum atomic E-state index is -0.667. The highest BCUT2D eigenvalue weighted by Gasteiger charge is 2.40. The Bertz CT molecular complexity index is 1120. The number of carbonyl (C=O) groups excluding carboxylic acids is 1. The van der Waals surface area contributed by atoms with Crippen molar-refractivity contribution in [3.8, 4) is 6.07 Å². The first kappa shape index (κ1) is 22.4. The van der Waals surface area contributed by atoms with E-state index in [0.29, 0.717) is 30.0 Å². The average Bonchev–Trinajstić information content (AvgIpc) is 3.29. The molecule has 0 atom stereocenters. The van der Waals surface area contributed by atoms with Crippen LogP contribution in [0, 0.1) is 17.1 Å². The minimum absolute atomic E-state index is 0.193. The number of nitrogens with one attached hydrogen (secondary N) is 1. The van der Waals surface area contributed by atoms with Crippen molar-refractivity contribution >= 4 is 28.8 Å². The molecule has 0 aliphatic carbocycles. The summed E-state index contributed by atoms with van der Waals surface area (Å²) in [4.78, 5) is 20.2. The molecule has 0 spiro atoms. The van der Waals surface area contributed by atoms with Gasteiger partial charge in [0, 0.05) is 35.1 Å². The fourth-order valence-electron chi connectivity index (χ4n) is 3.99. The van der Waals surface area contributed by atoms with Crippen LogP contribution in [-0.4, -0.2) is 28.9 Å². The number of nitrogens with zero attached hydrogens (tertiary/aromatic N) is 3. The largest absolute Gasteiger partial charge is 0.347 e. The van der Waals surface area contributed by atoms with Crippen molar-refractivity contribution in [2.75, 3.05) is 13.1 Å². The zero-order chi connectivity index (χ0) is 22.6. The molecule has 1 saturated heterocycles. The Morgan fingerprint density at radius 1 is 1.19 bits per heavy atom. The van der Waals surface area contributed by atoms with Crippen LogP contribution in [0.1, 0.15) is 39.3 Å². The fourth-order valence-corrected chi connectivity index (χ4v) is 4.92. The van der Waals surface area contributed by atoms with Crippen molar-refractivity contribution in [3.63, 3.8) is 0 Å². The smallest absolute Gasteiger partial charge is 0.251 e. The van der Waals surface area contributed by atoms with Gasteiger partial charge >= 0.3 is 0 Å². The number of nitriles is 1. The van der Waals surface area contributed by atoms with E-state index < -0.39 is 5.41 Å². The number of halogens is 2. The van der Waals surface area contributed by atoms with E-state index in [1.165, 1.54) is 23.5 Å². The number of hydrogen-bond acceptors (Lipinski definition) is 5. The van der Waals surface area contributed by atoms with Crippen LogP contribution >= 0.6 is 22.9 Å². The molecule has 5 nitrogen and oxygen atoms in total. The quantitative estimate of drug-likeness (QED) is 0.557. The average molecular weight is 469 g/mol. The zero-order valence-electron chi connectivity index (χ0n) is 17.4. The van der Waals surface area contributed by atoms with Crippen molar-refractivity contribution in [2.45, 2.75) is 31.3 Å². The molecule has 1 aliphatic heterocycles. The van der Waals surface area contributed by atoms with Crippen molar-refractivity contribution in [3.05, 3.63) is 86.6 Å². The molecule has 1 fully saturated rings. The minimum Gasteiger partial charge on any atom is -0.347 e. The molecule has 1 aliphatic rings. The van der Waals surface area contributed by atoms with Gasteiger partial charge in [-0.15, -0.1) is 11.3 Å². The molecule has 1 amide bonds. The summed E-state index contributed by atoms with van der Waals surface area (Å²) in [5.41, 5.74) is 3.42. The molecule has 1 aromatic heterocycles. The molecule has 0 saturated carbocycles. The van der Waals surface area contributed by atoms with Gasteiger partial charge < -0.3 is 5.32 Å². The Kier molecular flexibility index (Phi) is 6.85. The lowest BCUT2D eigenvalue weighted by Gasteiger charge is -2.37. The third-order valence-electron chi connectivity index (χ3n) is 5.85. The van der Waals surface area contributed by atoms with Gasteiger partial charge in [-0.1, -0.05) is 23.7 Å². The van der Waals surface area contributed by atoms with E-state index in [4.69, 9.17) is 11.6 Å². The summed E-state index contributed by atoms with van der Waals surface area (Å²) < 4.78 is 13.1. The zero-order valence-corrected chi connectivity index (χ0v) is 18.9. The molecular formula is C24H22ClFN4OS. The summed E-state index contributed by atoms with van der Waals surface area (Å²) in [7, 11) is 0. The summed E-state index contributed by atoms with van der Waals surface area (Å²) in [6.45, 7) is 2.55. The van der Waals surface area contributed by atoms with E-state index in [1.54, 1.807) is 41.9 Å². The summed E-state index contributed by atoms with van der Waals surface area (Å²) in [5, 5.41) is 13.6. The second-order valence-electron chi connectivity index (χ2n) is 7.91. The summed E-state index contributed by atoms with van der Waals surface area (Å²) in [6, 6.07) is 15.8. The third kappa shape index (κ3) is 4.99. The molecule has 0 radical (unpaired) electrons. The van der Waals surface area contributed by atoms with Crippen LogP contribution in [0.3, 0.4) is 0 Å². The SMILES string of the molecule is N#CC1(c2ncsc2CNC(=O)c2ccc(Cl)cc2)CCN(Cc2ccc(F)cc2)CC1. The lowest BCUT2D eigenvalue weighted by Crippen LogP contribution is -2.42. The fraction of sp³-hybridized carbons (Fsp3) is 0.292. The van der Waals surface area contributed by atoms with E-state index in [-0.39, 0.29) is 11.7 Å². The maximum Gasteiger partial charge on any atom is 0.251 e. The van der Waals surface area contributed by atoms with Crippen LogP contribution < -0.4 is 5.32 Å². The van der Waals surface area contributed by atoms with Crippen LogP contribution in [0.2, 0.25) is 5.02 Å². The van der Waals surface area contributed by atoms with Gasteiger partial charge in [0.2, 0.25) is 0 Å². The van der Waals surface area contributed by atoms with Crippen LogP contribution in [0.25, 0.3) is 0 Å². The molecule has 0 unspecified atom stereocenters. The number of amides is 1. The highest BCUT2D eigenvalue weighted by Crippen LogP contribution is 2.37. The summed E-state index contributed by atoms with van der Waals surface area (Å²) in [5.74, 6) is -0.434. The van der Waals surface area contributed by atoms with Crippen LogP contribution in [0.5, 0.6) is 0 Å². The van der Waals surface area contributed by atoms with Gasteiger partial charge in [0.1, 0.15) is 11.2 Å². The lowest BCUT2D eigenvalue weighted by molar-refractivity contribution is 0.0951. The molecule has 2 aromatic carbocycles. The lowest BCUT2D eigenvalue weighted by atomic mass is 9.76. The summed E-state index contributed by atoms with van der Waals surface area (Å²) >= 11 is 7.34. The van der Waals surface area contributed by atoms with Crippen molar-refractivity contribution in [2.24, 2.45) is 0 Å². The third-order valence-corrected chi connectivity index (χ3v) is 6.94. The normalized spacial score (nSPS) is 15.8. The predicted molar refractivity (Wildman–Crippen MR) is 123 cm³/mol. The second kappa shape index (κ2) is 9.78. The van der Waals surface area contributed by atoms with Gasteiger partial charge in [0.05, 0.1) is 23.8 Å². The first-order valence-electron chi connectivity index (χ1n) is 10.3. The first-order valence-corrected chi connectivity index (χ1v) is 11.6. The maximum absolute atomic E-state index is 13.1. The van der Waals surface area contributed by atoms with E-state index in [0.717, 1.165) is 35.8 Å². The van der Waals surface area contributed by atoms with E-state index in [9.17, 15) is 14.4 Å². The second-order valence-corrected chi connectivity index (χ2v) is 9.29. The molecule has 1 N–H and O–H groups in total. The maximum atomic E-state index is 13.1. The Morgan fingerprint density at radius 2 is 1.88 bits per heavy atom. The Balaban J connectivity index is 1.40. The molecule has 2 heterocycles. The number of aromatic nitrogens is 1. The standard InChI is InChI=1S/C24H22ClFN4OS/c25-19-5-3-18(4-6-19)23(31)28-13-21-22(29-16-32-21)24(15-27)9-11-30(12-10-24)14-17-1-7-20(26)8-2-17/h1-8,16H,9-14H2,(H,28,31). The van der Waals surface area contributed by atoms with Gasteiger partial charge in [-0.05, 0) is 54.8 Å². The molecule has 3 aromatic rings. The van der Waals surface area contributed by atoms with E-state index in [1.807, 2.05) is 0 Å². The Morgan fingerprint density at radius 3 is 2.53 bits per heavy atom. The molecular weight excluding hydrogens is 447 g/mol. The van der Waals surface area contributed by atoms with E-state index in [2.05, 4.69) is 21.3 Å².